The first-order chi connectivity index (χ1) is 7.18. The fourth-order valence-electron chi connectivity index (χ4n) is 1.31. The third-order valence-corrected chi connectivity index (χ3v) is 3.05. The third-order valence-electron chi connectivity index (χ3n) is 2.23. The topological polar surface area (TPSA) is 27.6 Å². The number of alkyl halides is 2. The summed E-state index contributed by atoms with van der Waals surface area (Å²) in [5, 5.41) is 3.07. The summed E-state index contributed by atoms with van der Waals surface area (Å²) in [7, 11) is 1.81. The Balaban J connectivity index is 2.28. The van der Waals surface area contributed by atoms with Crippen molar-refractivity contribution in [2.75, 3.05) is 7.05 Å². The fourth-order valence-corrected chi connectivity index (χ4v) is 1.79. The summed E-state index contributed by atoms with van der Waals surface area (Å²) in [4.78, 5) is 6.03. The van der Waals surface area contributed by atoms with Gasteiger partial charge in [-0.3, -0.25) is 0 Å². The molecule has 5 heteroatoms. The third kappa shape index (κ3) is 2.25. The van der Waals surface area contributed by atoms with Crippen molar-refractivity contribution in [1.29, 1.82) is 0 Å². The van der Waals surface area contributed by atoms with Gasteiger partial charge in [-0.2, -0.15) is 0 Å². The minimum atomic E-state index is -0.427. The number of halogens is 2. The Kier molecular flexibility index (Phi) is 3.14. The molecular formula is C10H11Cl2N3. The van der Waals surface area contributed by atoms with E-state index in [0.29, 0.717) is 0 Å². The number of benzene rings is 1. The van der Waals surface area contributed by atoms with Crippen LogP contribution in [-0.4, -0.2) is 29.0 Å². The summed E-state index contributed by atoms with van der Waals surface area (Å²) < 4.78 is 0. The van der Waals surface area contributed by atoms with E-state index in [1.54, 1.807) is 4.90 Å². The first kappa shape index (κ1) is 10.7. The SMILES string of the molecule is CN1C(Cl)N=C(c2ccccc2)NC1Cl. The molecule has 0 aliphatic carbocycles. The largest absolute Gasteiger partial charge is 0.341 e. The summed E-state index contributed by atoms with van der Waals surface area (Å²) in [6, 6.07) is 9.78. The maximum atomic E-state index is 6.06. The lowest BCUT2D eigenvalue weighted by molar-refractivity contribution is 0.262. The van der Waals surface area contributed by atoms with Crippen LogP contribution in [0.2, 0.25) is 0 Å². The molecule has 1 N–H and O–H groups in total. The average Bonchev–Trinajstić information content (AvgIpc) is 2.26. The van der Waals surface area contributed by atoms with Crippen molar-refractivity contribution in [3.8, 4) is 0 Å². The highest BCUT2D eigenvalue weighted by Gasteiger charge is 2.25. The number of hydrogen-bond donors (Lipinski definition) is 1. The molecule has 0 bridgehead atoms. The Labute approximate surface area is 98.7 Å². The van der Waals surface area contributed by atoms with Crippen LogP contribution < -0.4 is 5.32 Å². The lowest BCUT2D eigenvalue weighted by Gasteiger charge is -2.32. The minimum absolute atomic E-state index is 0.333. The molecule has 15 heavy (non-hydrogen) atoms. The van der Waals surface area contributed by atoms with Crippen LogP contribution in [0.5, 0.6) is 0 Å². The minimum Gasteiger partial charge on any atom is -0.341 e. The van der Waals surface area contributed by atoms with Gasteiger partial charge in [0.1, 0.15) is 5.84 Å². The maximum Gasteiger partial charge on any atom is 0.182 e. The van der Waals surface area contributed by atoms with Crippen molar-refractivity contribution in [3.63, 3.8) is 0 Å². The van der Waals surface area contributed by atoms with Gasteiger partial charge in [-0.1, -0.05) is 53.5 Å². The molecule has 1 aliphatic rings. The number of nitrogens with one attached hydrogen (secondary N) is 1. The van der Waals surface area contributed by atoms with Gasteiger partial charge in [0.05, 0.1) is 0 Å². The average molecular weight is 244 g/mol. The zero-order valence-corrected chi connectivity index (χ0v) is 9.70. The smallest absolute Gasteiger partial charge is 0.182 e. The molecule has 80 valence electrons. The molecule has 0 saturated heterocycles. The molecule has 0 radical (unpaired) electrons. The molecule has 2 unspecified atom stereocenters. The van der Waals surface area contributed by atoms with E-state index < -0.39 is 5.62 Å². The molecule has 3 nitrogen and oxygen atoms in total. The quantitative estimate of drug-likeness (QED) is 0.604. The second kappa shape index (κ2) is 4.39. The Morgan fingerprint density at radius 2 is 1.93 bits per heavy atom. The summed E-state index contributed by atoms with van der Waals surface area (Å²) in [6.45, 7) is 0. The molecule has 0 fully saturated rings. The fraction of sp³-hybridized carbons (Fsp3) is 0.300. The second-order valence-electron chi connectivity index (χ2n) is 3.30. The highest BCUT2D eigenvalue weighted by molar-refractivity contribution is 6.25. The van der Waals surface area contributed by atoms with Crippen LogP contribution >= 0.6 is 23.2 Å². The maximum absolute atomic E-state index is 6.06. The van der Waals surface area contributed by atoms with E-state index in [9.17, 15) is 0 Å². The number of amidine groups is 1. The standard InChI is InChI=1S/C10H11Cl2N3/c1-15-9(11)13-8(14-10(15)12)7-5-3-2-4-6-7/h2-6,9-10H,1H3,(H,13,14). The van der Waals surface area contributed by atoms with Crippen LogP contribution in [0.25, 0.3) is 0 Å². The van der Waals surface area contributed by atoms with Gasteiger partial charge in [0, 0.05) is 5.56 Å². The van der Waals surface area contributed by atoms with Gasteiger partial charge < -0.3 is 5.32 Å². The van der Waals surface area contributed by atoms with E-state index in [1.807, 2.05) is 37.4 Å². The van der Waals surface area contributed by atoms with Gasteiger partial charge in [-0.05, 0) is 7.05 Å². The molecule has 0 aromatic heterocycles. The number of rotatable bonds is 1. The predicted molar refractivity (Wildman–Crippen MR) is 63.2 cm³/mol. The van der Waals surface area contributed by atoms with E-state index in [0.717, 1.165) is 11.4 Å². The second-order valence-corrected chi connectivity index (χ2v) is 4.10. The monoisotopic (exact) mass is 243 g/mol. The van der Waals surface area contributed by atoms with E-state index in [2.05, 4.69) is 10.3 Å². The molecule has 0 spiro atoms. The van der Waals surface area contributed by atoms with Crippen LogP contribution in [0, 0.1) is 0 Å². The van der Waals surface area contributed by atoms with E-state index >= 15 is 0 Å². The molecule has 0 amide bonds. The van der Waals surface area contributed by atoms with Gasteiger partial charge in [-0.15, -0.1) is 0 Å². The molecular weight excluding hydrogens is 233 g/mol. The molecule has 1 heterocycles. The number of aliphatic imine (C=N–C) groups is 1. The lowest BCUT2D eigenvalue weighted by atomic mass is 10.2. The zero-order chi connectivity index (χ0) is 10.8. The Bertz CT molecular complexity index is 366. The molecule has 2 atom stereocenters. The van der Waals surface area contributed by atoms with Gasteiger partial charge in [0.2, 0.25) is 0 Å². The Morgan fingerprint density at radius 1 is 1.27 bits per heavy atom. The number of nitrogens with zero attached hydrogens (tertiary/aromatic N) is 2. The van der Waals surface area contributed by atoms with Gasteiger partial charge in [-0.25, -0.2) is 9.89 Å². The van der Waals surface area contributed by atoms with Gasteiger partial charge in [0.25, 0.3) is 0 Å². The zero-order valence-electron chi connectivity index (χ0n) is 8.19. The van der Waals surface area contributed by atoms with E-state index in [4.69, 9.17) is 23.2 Å². The van der Waals surface area contributed by atoms with Crippen molar-refractivity contribution in [1.82, 2.24) is 10.2 Å². The Morgan fingerprint density at radius 3 is 2.53 bits per heavy atom. The van der Waals surface area contributed by atoms with Crippen molar-refractivity contribution in [2.24, 2.45) is 4.99 Å². The van der Waals surface area contributed by atoms with Crippen LogP contribution in [0.4, 0.5) is 0 Å². The normalized spacial score (nSPS) is 27.0. The molecule has 0 saturated carbocycles. The first-order valence-corrected chi connectivity index (χ1v) is 5.45. The summed E-state index contributed by atoms with van der Waals surface area (Å²) in [5.41, 5.74) is 0.228. The molecule has 1 aliphatic heterocycles. The summed E-state index contributed by atoms with van der Waals surface area (Å²) in [5.74, 6) is 0.730. The van der Waals surface area contributed by atoms with Crippen molar-refractivity contribution >= 4 is 29.0 Å². The summed E-state index contributed by atoms with van der Waals surface area (Å²) >= 11 is 12.1. The van der Waals surface area contributed by atoms with Crippen LogP contribution in [-0.2, 0) is 0 Å². The molecule has 1 aromatic carbocycles. The molecule has 2 rings (SSSR count). The van der Waals surface area contributed by atoms with Gasteiger partial charge >= 0.3 is 0 Å². The highest BCUT2D eigenvalue weighted by Crippen LogP contribution is 2.16. The molecule has 1 aromatic rings. The van der Waals surface area contributed by atoms with Crippen LogP contribution in [0.1, 0.15) is 5.56 Å². The Hall–Kier alpha value is -0.770. The van der Waals surface area contributed by atoms with Crippen LogP contribution in [0.3, 0.4) is 0 Å². The predicted octanol–water partition coefficient (Wildman–Crippen LogP) is 2.01. The summed E-state index contributed by atoms with van der Waals surface area (Å²) in [6.07, 6.45) is 0. The number of hydrogen-bond acceptors (Lipinski definition) is 3. The van der Waals surface area contributed by atoms with E-state index in [-0.39, 0.29) is 5.62 Å². The van der Waals surface area contributed by atoms with Crippen molar-refractivity contribution in [2.45, 2.75) is 11.2 Å². The highest BCUT2D eigenvalue weighted by atomic mass is 35.5. The first-order valence-electron chi connectivity index (χ1n) is 4.58. The van der Waals surface area contributed by atoms with Crippen molar-refractivity contribution < 1.29 is 0 Å². The van der Waals surface area contributed by atoms with Crippen LogP contribution in [0.15, 0.2) is 35.3 Å². The van der Waals surface area contributed by atoms with Crippen molar-refractivity contribution in [3.05, 3.63) is 35.9 Å². The lowest BCUT2D eigenvalue weighted by Crippen LogP contribution is -2.50. The van der Waals surface area contributed by atoms with E-state index in [1.165, 1.54) is 0 Å². The van der Waals surface area contributed by atoms with Gasteiger partial charge in [0.15, 0.2) is 11.2 Å².